The second-order valence-corrected chi connectivity index (χ2v) is 6.99. The molecule has 1 aromatic heterocycles. The van der Waals surface area contributed by atoms with Crippen molar-refractivity contribution in [2.45, 2.75) is 45.9 Å². The number of nitrogens with zero attached hydrogens (tertiary/aromatic N) is 5. The monoisotopic (exact) mass is 371 g/mol. The van der Waals surface area contributed by atoms with E-state index in [4.69, 9.17) is 4.74 Å². The number of hydrogen-bond acceptors (Lipinski definition) is 5. The summed E-state index contributed by atoms with van der Waals surface area (Å²) >= 11 is 0. The molecular formula is C19H25N5O3. The highest BCUT2D eigenvalue weighted by Crippen LogP contribution is 2.20. The Labute approximate surface area is 158 Å². The Morgan fingerprint density at radius 1 is 1.19 bits per heavy atom. The lowest BCUT2D eigenvalue weighted by Crippen LogP contribution is -2.58. The van der Waals surface area contributed by atoms with Gasteiger partial charge in [-0.2, -0.15) is 0 Å². The maximum Gasteiger partial charge on any atom is 0.245 e. The van der Waals surface area contributed by atoms with E-state index in [1.165, 1.54) is 0 Å². The zero-order valence-corrected chi connectivity index (χ0v) is 16.1. The second kappa shape index (κ2) is 7.77. The van der Waals surface area contributed by atoms with E-state index in [-0.39, 0.29) is 30.9 Å². The third-order valence-electron chi connectivity index (χ3n) is 4.83. The molecule has 2 aromatic rings. The Kier molecular flexibility index (Phi) is 5.43. The van der Waals surface area contributed by atoms with Gasteiger partial charge in [-0.05, 0) is 38.5 Å². The van der Waals surface area contributed by atoms with Crippen molar-refractivity contribution in [3.63, 3.8) is 0 Å². The summed E-state index contributed by atoms with van der Waals surface area (Å²) in [6, 6.07) is 7.15. The van der Waals surface area contributed by atoms with Crippen LogP contribution in [0, 0.1) is 0 Å². The summed E-state index contributed by atoms with van der Waals surface area (Å²) in [4.78, 5) is 28.7. The van der Waals surface area contributed by atoms with E-state index >= 15 is 0 Å². The van der Waals surface area contributed by atoms with Crippen LogP contribution >= 0.6 is 0 Å². The van der Waals surface area contributed by atoms with Gasteiger partial charge in [0.05, 0.1) is 13.7 Å². The largest absolute Gasteiger partial charge is 0.497 e. The summed E-state index contributed by atoms with van der Waals surface area (Å²) in [6.45, 7) is 6.54. The van der Waals surface area contributed by atoms with E-state index in [0.717, 1.165) is 11.3 Å². The zero-order valence-electron chi connectivity index (χ0n) is 16.1. The standard InChI is InChI=1S/C19H25N5O3/c1-13(2)24-12-20-21-17(24)10-23-14(3)19(26)22(11-18(23)25)9-15-5-7-16(27-4)8-6-15/h5-8,12-14H,9-11H2,1-4H3/t14-/m0/s1. The molecule has 1 atom stereocenters. The van der Waals surface area contributed by atoms with Gasteiger partial charge in [-0.15, -0.1) is 10.2 Å². The van der Waals surface area contributed by atoms with Crippen LogP contribution < -0.4 is 4.74 Å². The first-order chi connectivity index (χ1) is 12.9. The number of amides is 2. The highest BCUT2D eigenvalue weighted by atomic mass is 16.5. The van der Waals surface area contributed by atoms with E-state index < -0.39 is 6.04 Å². The lowest BCUT2D eigenvalue weighted by molar-refractivity contribution is -0.156. The van der Waals surface area contributed by atoms with E-state index in [9.17, 15) is 9.59 Å². The van der Waals surface area contributed by atoms with Crippen molar-refractivity contribution < 1.29 is 14.3 Å². The first kappa shape index (κ1) is 18.9. The number of ether oxygens (including phenoxy) is 1. The highest BCUT2D eigenvalue weighted by molar-refractivity contribution is 5.94. The van der Waals surface area contributed by atoms with Gasteiger partial charge < -0.3 is 19.1 Å². The minimum absolute atomic E-state index is 0.0605. The van der Waals surface area contributed by atoms with Crippen molar-refractivity contribution in [3.05, 3.63) is 42.0 Å². The van der Waals surface area contributed by atoms with Crippen molar-refractivity contribution in [1.29, 1.82) is 0 Å². The predicted molar refractivity (Wildman–Crippen MR) is 98.8 cm³/mol. The number of methoxy groups -OCH3 is 1. The Hall–Kier alpha value is -2.90. The van der Waals surface area contributed by atoms with Crippen LogP contribution in [0.25, 0.3) is 0 Å². The van der Waals surface area contributed by atoms with Gasteiger partial charge in [0.25, 0.3) is 0 Å². The first-order valence-electron chi connectivity index (χ1n) is 9.00. The van der Waals surface area contributed by atoms with Crippen LogP contribution in [0.1, 0.15) is 38.2 Å². The van der Waals surface area contributed by atoms with E-state index in [2.05, 4.69) is 10.2 Å². The van der Waals surface area contributed by atoms with Crippen molar-refractivity contribution in [2.75, 3.05) is 13.7 Å². The topological polar surface area (TPSA) is 80.6 Å². The minimum Gasteiger partial charge on any atom is -0.497 e. The molecule has 27 heavy (non-hydrogen) atoms. The van der Waals surface area contributed by atoms with Crippen LogP contribution in [0.2, 0.25) is 0 Å². The SMILES string of the molecule is COc1ccc(CN2CC(=O)N(Cc3nncn3C(C)C)[C@@H](C)C2=O)cc1. The van der Waals surface area contributed by atoms with Gasteiger partial charge in [0, 0.05) is 12.6 Å². The maximum atomic E-state index is 12.8. The van der Waals surface area contributed by atoms with Crippen molar-refractivity contribution in [1.82, 2.24) is 24.6 Å². The lowest BCUT2D eigenvalue weighted by atomic mass is 10.1. The van der Waals surface area contributed by atoms with Crippen molar-refractivity contribution >= 4 is 11.8 Å². The summed E-state index contributed by atoms with van der Waals surface area (Å²) in [5, 5.41) is 8.04. The van der Waals surface area contributed by atoms with Crippen LogP contribution in [0.3, 0.4) is 0 Å². The normalized spacial score (nSPS) is 17.7. The minimum atomic E-state index is -0.540. The number of carbonyl (C=O) groups is 2. The van der Waals surface area contributed by atoms with Crippen molar-refractivity contribution in [3.8, 4) is 5.75 Å². The van der Waals surface area contributed by atoms with Crippen LogP contribution in [-0.2, 0) is 22.7 Å². The Morgan fingerprint density at radius 3 is 2.52 bits per heavy atom. The molecule has 1 fully saturated rings. The molecule has 0 spiro atoms. The van der Waals surface area contributed by atoms with Gasteiger partial charge >= 0.3 is 0 Å². The van der Waals surface area contributed by atoms with Crippen LogP contribution in [0.15, 0.2) is 30.6 Å². The molecule has 8 heteroatoms. The van der Waals surface area contributed by atoms with E-state index in [0.29, 0.717) is 12.4 Å². The number of carbonyl (C=O) groups excluding carboxylic acids is 2. The molecule has 1 saturated heterocycles. The number of aromatic nitrogens is 3. The van der Waals surface area contributed by atoms with Crippen LogP contribution in [0.4, 0.5) is 0 Å². The Morgan fingerprint density at radius 2 is 1.89 bits per heavy atom. The molecule has 2 heterocycles. The summed E-state index contributed by atoms with van der Waals surface area (Å²) in [5.74, 6) is 1.28. The molecule has 1 aliphatic heterocycles. The molecular weight excluding hydrogens is 346 g/mol. The number of piperazine rings is 1. The second-order valence-electron chi connectivity index (χ2n) is 6.99. The fourth-order valence-electron chi connectivity index (χ4n) is 3.22. The number of rotatable bonds is 6. The quantitative estimate of drug-likeness (QED) is 0.771. The molecule has 0 unspecified atom stereocenters. The number of benzene rings is 1. The molecule has 144 valence electrons. The number of hydrogen-bond donors (Lipinski definition) is 0. The highest BCUT2D eigenvalue weighted by Gasteiger charge is 2.37. The molecule has 8 nitrogen and oxygen atoms in total. The zero-order chi connectivity index (χ0) is 19.6. The first-order valence-corrected chi connectivity index (χ1v) is 9.00. The third kappa shape index (κ3) is 3.94. The molecule has 1 aliphatic rings. The molecule has 1 aromatic carbocycles. The van der Waals surface area contributed by atoms with Gasteiger partial charge in [-0.1, -0.05) is 12.1 Å². The van der Waals surface area contributed by atoms with Crippen LogP contribution in [0.5, 0.6) is 5.75 Å². The summed E-state index contributed by atoms with van der Waals surface area (Å²) in [5.41, 5.74) is 0.956. The summed E-state index contributed by atoms with van der Waals surface area (Å²) in [6.07, 6.45) is 1.65. The molecule has 0 N–H and O–H groups in total. The van der Waals surface area contributed by atoms with E-state index in [1.54, 1.807) is 30.2 Å². The predicted octanol–water partition coefficient (Wildman–Crippen LogP) is 1.63. The lowest BCUT2D eigenvalue weighted by Gasteiger charge is -2.38. The summed E-state index contributed by atoms with van der Waals surface area (Å²) in [7, 11) is 1.61. The molecule has 0 saturated carbocycles. The maximum absolute atomic E-state index is 12.8. The average molecular weight is 371 g/mol. The molecule has 3 rings (SSSR count). The third-order valence-corrected chi connectivity index (χ3v) is 4.83. The van der Waals surface area contributed by atoms with Gasteiger partial charge in [0.1, 0.15) is 24.7 Å². The molecule has 0 aliphatic carbocycles. The van der Waals surface area contributed by atoms with Gasteiger partial charge in [0.2, 0.25) is 11.8 Å². The van der Waals surface area contributed by atoms with Gasteiger partial charge in [-0.3, -0.25) is 9.59 Å². The fraction of sp³-hybridized carbons (Fsp3) is 0.474. The smallest absolute Gasteiger partial charge is 0.245 e. The molecule has 2 amide bonds. The summed E-state index contributed by atoms with van der Waals surface area (Å²) < 4.78 is 7.06. The molecule has 0 radical (unpaired) electrons. The average Bonchev–Trinajstić information content (AvgIpc) is 3.12. The fourth-order valence-corrected chi connectivity index (χ4v) is 3.22. The van der Waals surface area contributed by atoms with Gasteiger partial charge in [-0.25, -0.2) is 0 Å². The van der Waals surface area contributed by atoms with Crippen molar-refractivity contribution in [2.24, 2.45) is 0 Å². The Bertz CT molecular complexity index is 815. The molecule has 0 bridgehead atoms. The van der Waals surface area contributed by atoms with Gasteiger partial charge in [0.15, 0.2) is 5.82 Å². The Balaban J connectivity index is 1.71. The van der Waals surface area contributed by atoms with E-state index in [1.807, 2.05) is 42.7 Å². The van der Waals surface area contributed by atoms with Crippen LogP contribution in [-0.4, -0.2) is 56.1 Å².